The molecule has 1 aliphatic rings. The van der Waals surface area contributed by atoms with Crippen molar-refractivity contribution < 1.29 is 14.3 Å². The minimum atomic E-state index is -0.308. The van der Waals surface area contributed by atoms with E-state index in [1.807, 2.05) is 32.0 Å². The molecule has 0 saturated heterocycles. The fraction of sp³-hybridized carbons (Fsp3) is 0.435. The van der Waals surface area contributed by atoms with Crippen LogP contribution in [0.5, 0.6) is 0 Å². The number of aromatic nitrogens is 2. The summed E-state index contributed by atoms with van der Waals surface area (Å²) < 4.78 is 12.7. The van der Waals surface area contributed by atoms with Crippen LogP contribution >= 0.6 is 23.1 Å². The van der Waals surface area contributed by atoms with Gasteiger partial charge in [-0.25, -0.2) is 4.98 Å². The Balaban J connectivity index is 1.74. The van der Waals surface area contributed by atoms with E-state index in [0.29, 0.717) is 43.1 Å². The maximum absolute atomic E-state index is 13.6. The monoisotopic (exact) mass is 458 g/mol. The van der Waals surface area contributed by atoms with Crippen molar-refractivity contribution in [1.82, 2.24) is 9.55 Å². The zero-order valence-electron chi connectivity index (χ0n) is 18.0. The number of benzene rings is 1. The molecule has 0 aliphatic carbocycles. The Bertz CT molecular complexity index is 1150. The van der Waals surface area contributed by atoms with E-state index in [-0.39, 0.29) is 22.9 Å². The van der Waals surface area contributed by atoms with Crippen LogP contribution in [0.25, 0.3) is 10.2 Å². The van der Waals surface area contributed by atoms with Gasteiger partial charge in [-0.3, -0.25) is 14.2 Å². The van der Waals surface area contributed by atoms with Gasteiger partial charge in [0, 0.05) is 17.8 Å². The van der Waals surface area contributed by atoms with Crippen molar-refractivity contribution in [3.05, 3.63) is 56.7 Å². The number of rotatable bonds is 7. The van der Waals surface area contributed by atoms with Gasteiger partial charge in [0.25, 0.3) is 5.56 Å². The zero-order chi connectivity index (χ0) is 22.0. The molecule has 1 aromatic carbocycles. The summed E-state index contributed by atoms with van der Waals surface area (Å²) in [4.78, 5) is 32.2. The number of nitrogens with zero attached hydrogens (tertiary/aromatic N) is 2. The Morgan fingerprint density at radius 2 is 2.10 bits per heavy atom. The van der Waals surface area contributed by atoms with Crippen molar-refractivity contribution in [2.75, 3.05) is 12.4 Å². The minimum Gasteiger partial charge on any atom is -0.465 e. The Kier molecular flexibility index (Phi) is 6.50. The van der Waals surface area contributed by atoms with Gasteiger partial charge >= 0.3 is 5.97 Å². The van der Waals surface area contributed by atoms with E-state index in [1.54, 1.807) is 11.5 Å². The van der Waals surface area contributed by atoms with Crippen molar-refractivity contribution in [1.29, 1.82) is 0 Å². The lowest BCUT2D eigenvalue weighted by Crippen LogP contribution is -2.32. The fourth-order valence-corrected chi connectivity index (χ4v) is 5.69. The quantitative estimate of drug-likeness (QED) is 0.300. The number of carbonyl (C=O) groups excluding carboxylic acids is 1. The highest BCUT2D eigenvalue weighted by Crippen LogP contribution is 2.37. The van der Waals surface area contributed by atoms with E-state index in [1.165, 1.54) is 23.1 Å². The summed E-state index contributed by atoms with van der Waals surface area (Å²) in [6, 6.07) is 10.1. The molecule has 0 spiro atoms. The number of ether oxygens (including phenoxy) is 2. The number of hydrogen-bond donors (Lipinski definition) is 0. The molecule has 0 N–H and O–H groups in total. The highest BCUT2D eigenvalue weighted by atomic mass is 32.2. The second kappa shape index (κ2) is 9.14. The molecule has 3 heterocycles. The molecule has 0 saturated carbocycles. The Morgan fingerprint density at radius 1 is 1.32 bits per heavy atom. The third-order valence-electron chi connectivity index (χ3n) is 5.25. The minimum absolute atomic E-state index is 0.0394. The molecular formula is C23H26N2O4S2. The predicted molar refractivity (Wildman–Crippen MR) is 124 cm³/mol. The van der Waals surface area contributed by atoms with Gasteiger partial charge in [0.1, 0.15) is 4.83 Å². The van der Waals surface area contributed by atoms with E-state index >= 15 is 0 Å². The number of carbonyl (C=O) groups is 1. The van der Waals surface area contributed by atoms with Crippen LogP contribution in [0, 0.1) is 0 Å². The van der Waals surface area contributed by atoms with Crippen LogP contribution in [0.1, 0.15) is 36.8 Å². The highest BCUT2D eigenvalue weighted by Gasteiger charge is 2.31. The number of hydrogen-bond acceptors (Lipinski definition) is 7. The van der Waals surface area contributed by atoms with Crippen LogP contribution in [0.4, 0.5) is 0 Å². The summed E-state index contributed by atoms with van der Waals surface area (Å²) in [6.07, 6.45) is 1.40. The van der Waals surface area contributed by atoms with Crippen molar-refractivity contribution in [2.45, 2.75) is 57.5 Å². The third-order valence-corrected chi connectivity index (χ3v) is 7.30. The number of thiophene rings is 1. The number of esters is 1. The first-order valence-corrected chi connectivity index (χ1v) is 12.2. The molecule has 0 unspecified atom stereocenters. The second-order valence-electron chi connectivity index (χ2n) is 8.09. The lowest BCUT2D eigenvalue weighted by Gasteiger charge is -2.29. The van der Waals surface area contributed by atoms with Gasteiger partial charge in [-0.15, -0.1) is 11.3 Å². The molecule has 0 atom stereocenters. The van der Waals surface area contributed by atoms with E-state index in [2.05, 4.69) is 12.1 Å². The van der Waals surface area contributed by atoms with Crippen molar-refractivity contribution in [3.8, 4) is 0 Å². The Labute approximate surface area is 189 Å². The maximum atomic E-state index is 13.6. The zero-order valence-corrected chi connectivity index (χ0v) is 19.6. The first kappa shape index (κ1) is 22.0. The van der Waals surface area contributed by atoms with Gasteiger partial charge in [-0.05, 0) is 38.3 Å². The topological polar surface area (TPSA) is 70.4 Å². The summed E-state index contributed by atoms with van der Waals surface area (Å²) in [5, 5.41) is 1.25. The summed E-state index contributed by atoms with van der Waals surface area (Å²) in [5.41, 5.74) is 1.86. The number of thioether (sulfide) groups is 1. The first-order chi connectivity index (χ1) is 14.9. The van der Waals surface area contributed by atoms with Crippen LogP contribution in [0.15, 0.2) is 40.3 Å². The van der Waals surface area contributed by atoms with E-state index in [0.717, 1.165) is 20.8 Å². The summed E-state index contributed by atoms with van der Waals surface area (Å²) >= 11 is 2.78. The smallest absolute Gasteiger partial charge is 0.316 e. The first-order valence-electron chi connectivity index (χ1n) is 10.4. The predicted octanol–water partition coefficient (Wildman–Crippen LogP) is 4.21. The van der Waals surface area contributed by atoms with Gasteiger partial charge in [-0.1, -0.05) is 42.1 Å². The maximum Gasteiger partial charge on any atom is 0.316 e. The normalized spacial score (nSPS) is 15.1. The van der Waals surface area contributed by atoms with Gasteiger partial charge in [0.2, 0.25) is 0 Å². The molecule has 6 nitrogen and oxygen atoms in total. The van der Waals surface area contributed by atoms with Crippen LogP contribution in [0.2, 0.25) is 0 Å². The van der Waals surface area contributed by atoms with Crippen LogP contribution in [0.3, 0.4) is 0 Å². The molecule has 0 radical (unpaired) electrons. The molecular weight excluding hydrogens is 432 g/mol. The number of fused-ring (bicyclic) bond motifs is 3. The summed E-state index contributed by atoms with van der Waals surface area (Å²) in [7, 11) is 0. The molecule has 0 amide bonds. The molecule has 164 valence electrons. The van der Waals surface area contributed by atoms with Gasteiger partial charge in [0.05, 0.1) is 30.0 Å². The molecule has 1 aliphatic heterocycles. The van der Waals surface area contributed by atoms with Crippen molar-refractivity contribution in [3.63, 3.8) is 0 Å². The largest absolute Gasteiger partial charge is 0.465 e. The SMILES string of the molecule is CCOC(=O)CSc1nc2sc3c(c2c(=O)n1CCc1ccccc1)CC(C)(C)OC3. The molecule has 0 bridgehead atoms. The lowest BCUT2D eigenvalue weighted by molar-refractivity contribution is -0.139. The average molecular weight is 459 g/mol. The van der Waals surface area contributed by atoms with Crippen LogP contribution < -0.4 is 5.56 Å². The summed E-state index contributed by atoms with van der Waals surface area (Å²) in [6.45, 7) is 7.21. The summed E-state index contributed by atoms with van der Waals surface area (Å²) in [5.74, 6) is -0.185. The third kappa shape index (κ3) is 4.86. The average Bonchev–Trinajstić information content (AvgIpc) is 3.09. The standard InChI is InChI=1S/C23H26N2O4S2/c1-4-28-18(26)14-30-22-24-20-19(16-12-23(2,3)29-13-17(16)31-20)21(27)25(22)11-10-15-8-6-5-7-9-15/h5-9H,4,10-14H2,1-3H3. The Hall–Kier alpha value is -2.16. The van der Waals surface area contributed by atoms with E-state index in [9.17, 15) is 9.59 Å². The molecule has 8 heteroatoms. The molecule has 4 rings (SSSR count). The highest BCUT2D eigenvalue weighted by molar-refractivity contribution is 7.99. The molecule has 2 aromatic heterocycles. The van der Waals surface area contributed by atoms with Gasteiger partial charge in [-0.2, -0.15) is 0 Å². The lowest BCUT2D eigenvalue weighted by atomic mass is 9.94. The van der Waals surface area contributed by atoms with Crippen molar-refractivity contribution in [2.24, 2.45) is 0 Å². The number of aryl methyl sites for hydroxylation is 1. The Morgan fingerprint density at radius 3 is 2.84 bits per heavy atom. The van der Waals surface area contributed by atoms with E-state index in [4.69, 9.17) is 14.5 Å². The molecule has 0 fully saturated rings. The second-order valence-corrected chi connectivity index (χ2v) is 10.1. The molecule has 31 heavy (non-hydrogen) atoms. The van der Waals surface area contributed by atoms with E-state index < -0.39 is 0 Å². The van der Waals surface area contributed by atoms with Gasteiger partial charge in [0.15, 0.2) is 5.16 Å². The van der Waals surface area contributed by atoms with Crippen LogP contribution in [-0.2, 0) is 40.3 Å². The van der Waals surface area contributed by atoms with Gasteiger partial charge < -0.3 is 9.47 Å². The van der Waals surface area contributed by atoms with Crippen molar-refractivity contribution >= 4 is 39.3 Å². The fourth-order valence-electron chi connectivity index (χ4n) is 3.73. The van der Waals surface area contributed by atoms with Crippen LogP contribution in [-0.4, -0.2) is 33.5 Å². The molecule has 3 aromatic rings.